The van der Waals surface area contributed by atoms with Gasteiger partial charge in [-0.3, -0.25) is 4.94 Å². The van der Waals surface area contributed by atoms with Crippen LogP contribution in [0.5, 0.6) is 0 Å². The third kappa shape index (κ3) is 6.96. The minimum absolute atomic E-state index is 0.00129. The van der Waals surface area contributed by atoms with Crippen LogP contribution < -0.4 is 0 Å². The molecule has 3 aromatic rings. The van der Waals surface area contributed by atoms with Crippen molar-refractivity contribution < 1.29 is 4.74 Å². The number of benzene rings is 3. The van der Waals surface area contributed by atoms with Gasteiger partial charge in [0.15, 0.2) is 0 Å². The zero-order valence-corrected chi connectivity index (χ0v) is 23.2. The summed E-state index contributed by atoms with van der Waals surface area (Å²) in [6.07, 6.45) is 5.73. The van der Waals surface area contributed by atoms with E-state index in [1.165, 1.54) is 12.8 Å². The van der Waals surface area contributed by atoms with Gasteiger partial charge in [-0.05, 0) is 34.9 Å². The summed E-state index contributed by atoms with van der Waals surface area (Å²) < 4.78 is 7.41. The number of hydrogen-bond donors (Lipinski definition) is 0. The van der Waals surface area contributed by atoms with Crippen LogP contribution in [0.1, 0.15) is 56.7 Å². The van der Waals surface area contributed by atoms with Gasteiger partial charge in [-0.1, -0.05) is 118 Å². The van der Waals surface area contributed by atoms with E-state index in [0.29, 0.717) is 0 Å². The molecule has 34 heavy (non-hydrogen) atoms. The third-order valence-corrected chi connectivity index (χ3v) is 7.83. The lowest BCUT2D eigenvalue weighted by atomic mass is 9.78. The van der Waals surface area contributed by atoms with Crippen LogP contribution in [0.2, 0.25) is 17.4 Å². The molecule has 0 fully saturated rings. The van der Waals surface area contributed by atoms with E-state index in [1.807, 2.05) is 0 Å². The van der Waals surface area contributed by atoms with Crippen LogP contribution in [0.25, 0.3) is 0 Å². The highest BCUT2D eigenvalue weighted by Crippen LogP contribution is 2.43. The molecule has 0 aromatic heterocycles. The van der Waals surface area contributed by atoms with Crippen LogP contribution in [0, 0.1) is 5.41 Å². The molecule has 0 N–H and O–H groups in total. The molecule has 0 bridgehead atoms. The van der Waals surface area contributed by atoms with E-state index in [4.69, 9.17) is 4.74 Å². The molecule has 1 atom stereocenters. The highest BCUT2D eigenvalue weighted by atomic mass is 27.2. The maximum atomic E-state index is 7.41. The lowest BCUT2D eigenvalue weighted by Crippen LogP contribution is -2.38. The van der Waals surface area contributed by atoms with Crippen molar-refractivity contribution >= 4 is 13.1 Å². The van der Waals surface area contributed by atoms with Crippen molar-refractivity contribution in [1.29, 1.82) is 0 Å². The second-order valence-corrected chi connectivity index (χ2v) is 17.5. The van der Waals surface area contributed by atoms with Gasteiger partial charge in [0.25, 0.3) is 0 Å². The lowest BCUT2D eigenvalue weighted by Gasteiger charge is -2.40. The summed E-state index contributed by atoms with van der Waals surface area (Å²) in [6, 6.07) is 32.2. The van der Waals surface area contributed by atoms with Crippen molar-refractivity contribution in [3.63, 3.8) is 0 Å². The molecule has 3 rings (SSSR count). The number of ether oxygens (including phenoxy) is 1. The highest BCUT2D eigenvalue weighted by molar-refractivity contribution is 6.80. The summed E-state index contributed by atoms with van der Waals surface area (Å²) in [5.41, 5.74) is 2.99. The molecule has 3 aromatic carbocycles. The molecule has 0 saturated carbocycles. The maximum absolute atomic E-state index is 7.41. The molecule has 0 saturated heterocycles. The first-order chi connectivity index (χ1) is 16.2. The summed E-state index contributed by atoms with van der Waals surface area (Å²) in [5.74, 6) is 7.24. The second-order valence-electron chi connectivity index (χ2n) is 11.7. The van der Waals surface area contributed by atoms with Gasteiger partial charge in [-0.2, -0.15) is 17.4 Å². The van der Waals surface area contributed by atoms with Crippen molar-refractivity contribution in [3.05, 3.63) is 119 Å². The van der Waals surface area contributed by atoms with E-state index in [-0.39, 0.29) is 11.5 Å². The minimum Gasteiger partial charge on any atom is -0.354 e. The predicted octanol–water partition coefficient (Wildman–Crippen LogP) is 9.01. The van der Waals surface area contributed by atoms with Crippen LogP contribution in [0.4, 0.5) is 0 Å². The molecule has 2 heteroatoms. The van der Waals surface area contributed by atoms with Gasteiger partial charge in [0.05, 0.1) is 6.10 Å². The summed E-state index contributed by atoms with van der Waals surface area (Å²) in [5, 5.41) is 0. The maximum Gasteiger partial charge on any atom is 0.149 e. The normalized spacial score (nSPS) is 13.8. The van der Waals surface area contributed by atoms with E-state index in [9.17, 15) is 0 Å². The lowest BCUT2D eigenvalue weighted by molar-refractivity contribution is -0.0421. The molecule has 180 valence electrons. The highest BCUT2D eigenvalue weighted by Gasteiger charge is 2.40. The van der Waals surface area contributed by atoms with E-state index < -0.39 is 18.7 Å². The van der Waals surface area contributed by atoms with Gasteiger partial charge in [0, 0.05) is 0 Å². The molecule has 1 nitrogen and oxygen atoms in total. The quantitative estimate of drug-likeness (QED) is 0.201. The molecule has 0 aliphatic rings. The second kappa shape index (κ2) is 11.5. The molecule has 1 unspecified atom stereocenters. The van der Waals surface area contributed by atoms with Crippen LogP contribution in [-0.4, -0.2) is 19.2 Å². The molecular formula is C32H42AlO-. The van der Waals surface area contributed by atoms with E-state index >= 15 is 0 Å². The fraction of sp³-hybridized carbons (Fsp3) is 0.375. The average Bonchev–Trinajstić information content (AvgIpc) is 2.82. The molecule has 0 radical (unpaired) electrons. The Kier molecular flexibility index (Phi) is 9.00. The standard InChI is InChI=1S/C29H33O.3CH3.Al/c1-5-22-28(3,4)23-27(6-2)30-29(24-16-10-7-11-17-24,25-18-12-8-13-19-25)26-20-14-9-15-21-26;;;;/h2,6-21,27H,5,22-23H2,1,3-4H3;3*1H3;/q;;;;-1. The average molecular weight is 470 g/mol. The van der Waals surface area contributed by atoms with Crippen molar-refractivity contribution in [3.8, 4) is 0 Å². The number of rotatable bonds is 11. The summed E-state index contributed by atoms with van der Waals surface area (Å²) in [4.78, 5) is 2.48. The van der Waals surface area contributed by atoms with Crippen LogP contribution in [-0.2, 0) is 10.3 Å². The van der Waals surface area contributed by atoms with Crippen LogP contribution >= 0.6 is 0 Å². The Bertz CT molecular complexity index is 920. The fourth-order valence-corrected chi connectivity index (χ4v) is 5.79. The van der Waals surface area contributed by atoms with E-state index in [2.05, 4.69) is 140 Å². The molecule has 0 spiro atoms. The largest absolute Gasteiger partial charge is 0.354 e. The van der Waals surface area contributed by atoms with E-state index in [0.717, 1.165) is 23.1 Å². The summed E-state index contributed by atoms with van der Waals surface area (Å²) in [6.45, 7) is 7.04. The Morgan fingerprint density at radius 2 is 1.15 bits per heavy atom. The Labute approximate surface area is 210 Å². The summed E-state index contributed by atoms with van der Waals surface area (Å²) in [7, 11) is 0. The van der Waals surface area contributed by atoms with Crippen molar-refractivity contribution in [1.82, 2.24) is 0 Å². The first kappa shape index (κ1) is 26.5. The van der Waals surface area contributed by atoms with Gasteiger partial charge >= 0.3 is 0 Å². The smallest absolute Gasteiger partial charge is 0.149 e. The molecular weight excluding hydrogens is 427 g/mol. The monoisotopic (exact) mass is 469 g/mol. The number of hydrogen-bond acceptors (Lipinski definition) is 1. The predicted molar refractivity (Wildman–Crippen MR) is 150 cm³/mol. The SMILES string of the molecule is CCCC(C)(C)CC(/C=[CH]/[Al-]([CH3])([CH3])[CH3])OC(c1ccccc1)(c1ccccc1)c1ccccc1. The van der Waals surface area contributed by atoms with Crippen molar-refractivity contribution in [2.45, 2.75) is 69.1 Å². The van der Waals surface area contributed by atoms with Gasteiger partial charge in [0.2, 0.25) is 0 Å². The molecule has 0 amide bonds. The van der Waals surface area contributed by atoms with Crippen molar-refractivity contribution in [2.24, 2.45) is 5.41 Å². The third-order valence-electron chi connectivity index (χ3n) is 6.45. The van der Waals surface area contributed by atoms with Gasteiger partial charge in [-0.15, -0.1) is 6.08 Å². The van der Waals surface area contributed by atoms with Gasteiger partial charge < -0.3 is 4.74 Å². The molecule has 0 heterocycles. The first-order valence-electron chi connectivity index (χ1n) is 13.0. The van der Waals surface area contributed by atoms with Gasteiger partial charge in [0.1, 0.15) is 18.7 Å². The topological polar surface area (TPSA) is 9.23 Å². The minimum atomic E-state index is -1.68. The van der Waals surface area contributed by atoms with Crippen molar-refractivity contribution in [2.75, 3.05) is 0 Å². The molecule has 0 aliphatic heterocycles. The Morgan fingerprint density at radius 3 is 1.50 bits per heavy atom. The van der Waals surface area contributed by atoms with Crippen LogP contribution in [0.15, 0.2) is 102 Å². The van der Waals surface area contributed by atoms with E-state index in [1.54, 1.807) is 0 Å². The Hall–Kier alpha value is -2.11. The molecule has 0 aliphatic carbocycles. The fourth-order valence-electron chi connectivity index (χ4n) is 4.88. The zero-order valence-electron chi connectivity index (χ0n) is 22.0. The Balaban J connectivity index is 2.22. The first-order valence-corrected chi connectivity index (χ1v) is 17.1. The zero-order chi connectivity index (χ0) is 24.7. The Morgan fingerprint density at radius 1 is 0.735 bits per heavy atom. The summed E-state index contributed by atoms with van der Waals surface area (Å²) >= 11 is -1.68. The van der Waals surface area contributed by atoms with Gasteiger partial charge in [-0.25, -0.2) is 0 Å². The van der Waals surface area contributed by atoms with Crippen LogP contribution in [0.3, 0.4) is 0 Å².